The number of likely N-dealkylation sites (tertiary alicyclic amines) is 1. The zero-order valence-electron chi connectivity index (χ0n) is 14.8. The monoisotopic (exact) mass is 487 g/mol. The largest absolute Gasteiger partial charge is 1.00 e. The van der Waals surface area contributed by atoms with E-state index in [0.717, 1.165) is 28.7 Å². The summed E-state index contributed by atoms with van der Waals surface area (Å²) in [5.74, 6) is 2.04. The van der Waals surface area contributed by atoms with Crippen LogP contribution < -0.4 is 73.6 Å². The second-order valence-electron chi connectivity index (χ2n) is 6.71. The van der Waals surface area contributed by atoms with Gasteiger partial charge in [0.2, 0.25) is 0 Å². The summed E-state index contributed by atoms with van der Waals surface area (Å²) in [5, 5.41) is 0.725. The molecule has 2 saturated heterocycles. The Morgan fingerprint density at radius 1 is 1.33 bits per heavy atom. The minimum atomic E-state index is 0. The van der Waals surface area contributed by atoms with Gasteiger partial charge < -0.3 is 14.4 Å². The SMILES string of the molecule is C[C@H]1[CH-]OC(Sc2cc(Cl)cc(OCC3CCN(C)CC3)c2)C1.[Cs+]. The van der Waals surface area contributed by atoms with Crippen LogP contribution in [-0.2, 0) is 4.74 Å². The number of nitrogens with zero attached hydrogens (tertiary/aromatic N) is 1. The van der Waals surface area contributed by atoms with Gasteiger partial charge >= 0.3 is 68.9 Å². The molecule has 0 spiro atoms. The van der Waals surface area contributed by atoms with Crippen LogP contribution in [0, 0.1) is 18.4 Å². The summed E-state index contributed by atoms with van der Waals surface area (Å²) in [6.45, 7) is 7.22. The Morgan fingerprint density at radius 3 is 2.75 bits per heavy atom. The number of hydrogen-bond donors (Lipinski definition) is 0. The molecule has 2 aliphatic rings. The Labute approximate surface area is 214 Å². The van der Waals surface area contributed by atoms with Gasteiger partial charge in [-0.3, -0.25) is 0 Å². The van der Waals surface area contributed by atoms with Crippen LogP contribution in [0.1, 0.15) is 26.2 Å². The molecule has 2 atom stereocenters. The van der Waals surface area contributed by atoms with Crippen LogP contribution in [0.15, 0.2) is 23.1 Å². The minimum Gasteiger partial charge on any atom is -0.542 e. The fraction of sp³-hybridized carbons (Fsp3) is 0.611. The molecule has 3 rings (SSSR count). The predicted molar refractivity (Wildman–Crippen MR) is 96.0 cm³/mol. The summed E-state index contributed by atoms with van der Waals surface area (Å²) in [4.78, 5) is 3.49. The maximum Gasteiger partial charge on any atom is 1.00 e. The van der Waals surface area contributed by atoms with Crippen molar-refractivity contribution in [1.29, 1.82) is 0 Å². The molecule has 0 amide bonds. The molecule has 1 unspecified atom stereocenters. The number of hydrogen-bond acceptors (Lipinski definition) is 4. The van der Waals surface area contributed by atoms with Crippen LogP contribution in [0.3, 0.4) is 0 Å². The number of ether oxygens (including phenoxy) is 2. The van der Waals surface area contributed by atoms with Crippen LogP contribution in [0.4, 0.5) is 0 Å². The first-order chi connectivity index (χ1) is 11.1. The molecule has 1 aromatic rings. The fourth-order valence-corrected chi connectivity index (χ4v) is 4.49. The van der Waals surface area contributed by atoms with E-state index in [1.54, 1.807) is 11.8 Å². The first-order valence-corrected chi connectivity index (χ1v) is 9.61. The van der Waals surface area contributed by atoms with Crippen molar-refractivity contribution in [3.8, 4) is 5.75 Å². The van der Waals surface area contributed by atoms with E-state index in [0.29, 0.717) is 11.8 Å². The van der Waals surface area contributed by atoms with E-state index >= 15 is 0 Å². The molecule has 24 heavy (non-hydrogen) atoms. The molecule has 6 heteroatoms. The molecule has 1 aromatic carbocycles. The molecule has 2 aliphatic heterocycles. The molecule has 0 saturated carbocycles. The minimum absolute atomic E-state index is 0. The summed E-state index contributed by atoms with van der Waals surface area (Å²) in [7, 11) is 2.18. The molecule has 2 heterocycles. The molecular formula is C18H25ClCsNO2S. The van der Waals surface area contributed by atoms with E-state index in [-0.39, 0.29) is 74.3 Å². The van der Waals surface area contributed by atoms with Crippen LogP contribution >= 0.6 is 23.4 Å². The number of benzene rings is 1. The van der Waals surface area contributed by atoms with Crippen molar-refractivity contribution in [1.82, 2.24) is 4.90 Å². The zero-order chi connectivity index (χ0) is 16.2. The van der Waals surface area contributed by atoms with Gasteiger partial charge in [-0.25, -0.2) is 6.61 Å². The third-order valence-corrected chi connectivity index (χ3v) is 5.76. The van der Waals surface area contributed by atoms with Crippen LogP contribution in [-0.4, -0.2) is 37.1 Å². The Kier molecular flexibility index (Phi) is 9.90. The second kappa shape index (κ2) is 10.8. The predicted octanol–water partition coefficient (Wildman–Crippen LogP) is 1.70. The van der Waals surface area contributed by atoms with Crippen molar-refractivity contribution in [2.45, 2.75) is 36.5 Å². The van der Waals surface area contributed by atoms with Crippen molar-refractivity contribution in [2.75, 3.05) is 26.7 Å². The molecule has 2 fully saturated rings. The fourth-order valence-electron chi connectivity index (χ4n) is 3.00. The van der Waals surface area contributed by atoms with Crippen molar-refractivity contribution >= 4 is 23.4 Å². The van der Waals surface area contributed by atoms with E-state index in [2.05, 4.69) is 24.9 Å². The van der Waals surface area contributed by atoms with Crippen LogP contribution in [0.2, 0.25) is 5.02 Å². The van der Waals surface area contributed by atoms with Crippen molar-refractivity contribution in [3.63, 3.8) is 0 Å². The first-order valence-electron chi connectivity index (χ1n) is 8.36. The van der Waals surface area contributed by atoms with E-state index in [9.17, 15) is 0 Å². The molecule has 0 aliphatic carbocycles. The first kappa shape index (κ1) is 21.9. The van der Waals surface area contributed by atoms with Gasteiger partial charge in [0.15, 0.2) is 0 Å². The van der Waals surface area contributed by atoms with Gasteiger partial charge in [0, 0.05) is 9.92 Å². The Bertz CT molecular complexity index is 526. The summed E-state index contributed by atoms with van der Waals surface area (Å²) in [6, 6.07) is 5.98. The van der Waals surface area contributed by atoms with E-state index in [1.165, 1.54) is 25.9 Å². The molecular weight excluding hydrogens is 463 g/mol. The topological polar surface area (TPSA) is 21.7 Å². The standard InChI is InChI=1S/C18H25ClNO2S.Cs/c1-13-7-18(22-11-13)23-17-9-15(19)8-16(10-17)21-12-14-3-5-20(2)6-4-14;/h8-11,13-14,18H,3-7,12H2,1-2H3;/q-1;+1/t13-,18?;/m1./s1. The maximum absolute atomic E-state index is 6.26. The molecule has 0 aromatic heterocycles. The normalized spacial score (nSPS) is 25.5. The Hall–Kier alpha value is 1.63. The zero-order valence-corrected chi connectivity index (χ0v) is 22.7. The maximum atomic E-state index is 6.26. The van der Waals surface area contributed by atoms with Gasteiger partial charge in [-0.15, -0.1) is 5.92 Å². The molecule has 0 N–H and O–H groups in total. The van der Waals surface area contributed by atoms with Crippen molar-refractivity contribution < 1.29 is 78.4 Å². The second-order valence-corrected chi connectivity index (χ2v) is 8.38. The average molecular weight is 488 g/mol. The van der Waals surface area contributed by atoms with Crippen LogP contribution in [0.25, 0.3) is 0 Å². The molecule has 0 bridgehead atoms. The molecule has 3 nitrogen and oxygen atoms in total. The summed E-state index contributed by atoms with van der Waals surface area (Å²) < 4.78 is 11.7. The van der Waals surface area contributed by atoms with Gasteiger partial charge in [-0.05, 0) is 63.5 Å². The number of piperidine rings is 1. The van der Waals surface area contributed by atoms with Crippen molar-refractivity contribution in [3.05, 3.63) is 29.8 Å². The smallest absolute Gasteiger partial charge is 0.542 e. The Balaban J connectivity index is 0.00000208. The Morgan fingerprint density at radius 2 is 2.08 bits per heavy atom. The number of rotatable bonds is 5. The van der Waals surface area contributed by atoms with Crippen LogP contribution in [0.5, 0.6) is 5.75 Å². The van der Waals surface area contributed by atoms with Gasteiger partial charge in [0.05, 0.1) is 12.0 Å². The van der Waals surface area contributed by atoms with E-state index < -0.39 is 0 Å². The quantitative estimate of drug-likeness (QED) is 0.590. The summed E-state index contributed by atoms with van der Waals surface area (Å²) >= 11 is 7.98. The third-order valence-electron chi connectivity index (χ3n) is 4.46. The summed E-state index contributed by atoms with van der Waals surface area (Å²) in [6.07, 6.45) is 3.47. The van der Waals surface area contributed by atoms with Gasteiger partial charge in [0.25, 0.3) is 0 Å². The number of halogens is 1. The van der Waals surface area contributed by atoms with E-state index in [1.807, 2.05) is 18.7 Å². The van der Waals surface area contributed by atoms with Crippen molar-refractivity contribution in [2.24, 2.45) is 11.8 Å². The van der Waals surface area contributed by atoms with Gasteiger partial charge in [-0.2, -0.15) is 0 Å². The van der Waals surface area contributed by atoms with Gasteiger partial charge in [-0.1, -0.05) is 30.3 Å². The van der Waals surface area contributed by atoms with E-state index in [4.69, 9.17) is 21.1 Å². The average Bonchev–Trinajstić information content (AvgIpc) is 2.91. The number of thioether (sulfide) groups is 1. The third kappa shape index (κ3) is 6.98. The van der Waals surface area contributed by atoms with Gasteiger partial charge in [0.1, 0.15) is 5.75 Å². The molecule has 0 radical (unpaired) electrons. The summed E-state index contributed by atoms with van der Waals surface area (Å²) in [5.41, 5.74) is 0.185. The molecule has 128 valence electrons.